The van der Waals surface area contributed by atoms with Gasteiger partial charge in [0.25, 0.3) is 23.6 Å². The number of rotatable bonds is 3. The summed E-state index contributed by atoms with van der Waals surface area (Å²) in [5.41, 5.74) is -1.46. The molecule has 4 bridgehead atoms. The van der Waals surface area contributed by atoms with Gasteiger partial charge in [0.05, 0.1) is 24.0 Å². The SMILES string of the molecule is CN1C(=O)[C@@]23SS[C@@]1(CO)C(=O)N2[C@@H]1Nc2ccccc2[C@]1([C@@]12c4ccccc4N[C@@H]1N1C(=O)[C@@]4(CO)SS[C@]1(C(=O)N4C)[C@@H]2O)[C@@H]3O. The Bertz CT molecular complexity index is 1810. The Kier molecular flexibility index (Phi) is 5.45. The molecule has 6 N–H and O–H groups in total. The van der Waals surface area contributed by atoms with Crippen molar-refractivity contribution in [2.75, 3.05) is 37.9 Å². The van der Waals surface area contributed by atoms with Crippen LogP contribution in [0.3, 0.4) is 0 Å². The van der Waals surface area contributed by atoms with Gasteiger partial charge < -0.3 is 40.9 Å². The molecular formula is C30H28N6O8S4. The zero-order valence-corrected chi connectivity index (χ0v) is 28.5. The van der Waals surface area contributed by atoms with Crippen LogP contribution >= 0.6 is 43.2 Å². The summed E-state index contributed by atoms with van der Waals surface area (Å²) in [6, 6.07) is 14.2. The first-order chi connectivity index (χ1) is 23.0. The van der Waals surface area contributed by atoms with Crippen LogP contribution in [0.5, 0.6) is 0 Å². The van der Waals surface area contributed by atoms with Crippen LogP contribution in [-0.4, -0.2) is 135 Å². The largest absolute Gasteiger partial charge is 0.392 e. The summed E-state index contributed by atoms with van der Waals surface area (Å²) in [5.74, 6) is -2.36. The number of para-hydroxylation sites is 2. The van der Waals surface area contributed by atoms with Gasteiger partial charge in [-0.1, -0.05) is 36.4 Å². The number of carbonyl (C=O) groups excluding carboxylic acids is 4. The van der Waals surface area contributed by atoms with E-state index in [-0.39, 0.29) is 0 Å². The van der Waals surface area contributed by atoms with E-state index in [2.05, 4.69) is 10.6 Å². The second kappa shape index (κ2) is 8.71. The quantitative estimate of drug-likeness (QED) is 0.218. The molecular weight excluding hydrogens is 701 g/mol. The summed E-state index contributed by atoms with van der Waals surface area (Å²) >= 11 is 0. The van der Waals surface area contributed by atoms with Gasteiger partial charge in [-0.25, -0.2) is 0 Å². The first kappa shape index (κ1) is 30.0. The molecule has 2 spiro atoms. The minimum absolute atomic E-state index is 0.498. The number of amides is 4. The topological polar surface area (TPSA) is 186 Å². The maximum atomic E-state index is 14.7. The molecule has 10 aliphatic rings. The second-order valence-corrected chi connectivity index (χ2v) is 18.7. The Morgan fingerprint density at radius 3 is 1.38 bits per heavy atom. The third kappa shape index (κ3) is 2.47. The van der Waals surface area contributed by atoms with E-state index >= 15 is 0 Å². The normalized spacial score (nSPS) is 45.5. The summed E-state index contributed by atoms with van der Waals surface area (Å²) < 4.78 is 0. The van der Waals surface area contributed by atoms with Crippen LogP contribution in [0.1, 0.15) is 11.1 Å². The van der Waals surface area contributed by atoms with E-state index in [1.807, 2.05) is 0 Å². The van der Waals surface area contributed by atoms with E-state index in [1.54, 1.807) is 48.5 Å². The number of carbonyl (C=O) groups is 4. The molecule has 2 aromatic carbocycles. The smallest absolute Gasteiger partial charge is 0.265 e. The fraction of sp³-hybridized carbons (Fsp3) is 0.467. The number of aliphatic hydroxyl groups is 4. The molecule has 0 saturated carbocycles. The van der Waals surface area contributed by atoms with E-state index in [1.165, 1.54) is 33.7 Å². The Hall–Kier alpha value is -2.84. The Labute approximate surface area is 288 Å². The third-order valence-electron chi connectivity index (χ3n) is 12.2. The number of nitrogens with zero attached hydrogens (tertiary/aromatic N) is 4. The number of piperazine rings is 2. The van der Waals surface area contributed by atoms with Crippen molar-refractivity contribution in [3.05, 3.63) is 59.7 Å². The van der Waals surface area contributed by atoms with Gasteiger partial charge in [0, 0.05) is 25.5 Å². The van der Waals surface area contributed by atoms with E-state index in [0.29, 0.717) is 22.5 Å². The highest BCUT2D eigenvalue weighted by molar-refractivity contribution is 8.78. The monoisotopic (exact) mass is 728 g/mol. The second-order valence-electron chi connectivity index (χ2n) is 13.4. The number of benzene rings is 2. The van der Waals surface area contributed by atoms with Gasteiger partial charge in [0.1, 0.15) is 24.5 Å². The lowest BCUT2D eigenvalue weighted by molar-refractivity contribution is -0.169. The number of nitrogens with one attached hydrogen (secondary N) is 2. The Balaban J connectivity index is 1.34. The predicted octanol–water partition coefficient (Wildman–Crippen LogP) is -0.724. The minimum Gasteiger partial charge on any atom is -0.392 e. The van der Waals surface area contributed by atoms with Crippen LogP contribution in [-0.2, 0) is 30.0 Å². The van der Waals surface area contributed by atoms with Crippen molar-refractivity contribution < 1.29 is 39.6 Å². The van der Waals surface area contributed by atoms with E-state index in [0.717, 1.165) is 43.2 Å². The number of likely N-dealkylation sites (N-methyl/N-ethyl adjacent to an activating group) is 2. The molecule has 10 aliphatic heterocycles. The highest BCUT2D eigenvalue weighted by Gasteiger charge is 2.93. The lowest BCUT2D eigenvalue weighted by atomic mass is 9.52. The molecule has 18 heteroatoms. The minimum atomic E-state index is -1.91. The van der Waals surface area contributed by atoms with Crippen molar-refractivity contribution in [2.45, 2.75) is 54.9 Å². The van der Waals surface area contributed by atoms with Gasteiger partial charge in [-0.05, 0) is 66.4 Å². The Morgan fingerprint density at radius 1 is 0.625 bits per heavy atom. The highest BCUT2D eigenvalue weighted by Crippen LogP contribution is 2.78. The maximum absolute atomic E-state index is 14.7. The molecule has 4 amide bonds. The number of anilines is 2. The van der Waals surface area contributed by atoms with Crippen LogP contribution in [0.2, 0.25) is 0 Å². The van der Waals surface area contributed by atoms with Crippen molar-refractivity contribution in [2.24, 2.45) is 0 Å². The number of fused-ring (bicyclic) bond motifs is 11. The average Bonchev–Trinajstić information content (AvgIpc) is 3.75. The predicted molar refractivity (Wildman–Crippen MR) is 178 cm³/mol. The molecule has 0 radical (unpaired) electrons. The lowest BCUT2D eigenvalue weighted by Crippen LogP contribution is -2.79. The van der Waals surface area contributed by atoms with Crippen LogP contribution in [0.4, 0.5) is 11.4 Å². The first-order valence-corrected chi connectivity index (χ1v) is 19.5. The molecule has 10 heterocycles. The van der Waals surface area contributed by atoms with Crippen molar-refractivity contribution in [3.63, 3.8) is 0 Å². The molecule has 8 fully saturated rings. The fourth-order valence-electron chi connectivity index (χ4n) is 10.0. The van der Waals surface area contributed by atoms with Crippen molar-refractivity contribution >= 4 is 78.2 Å². The van der Waals surface area contributed by atoms with Gasteiger partial charge in [0.2, 0.25) is 19.5 Å². The molecule has 10 atom stereocenters. The van der Waals surface area contributed by atoms with Gasteiger partial charge in [0.15, 0.2) is 0 Å². The van der Waals surface area contributed by atoms with Gasteiger partial charge in [-0.2, -0.15) is 0 Å². The van der Waals surface area contributed by atoms with Crippen molar-refractivity contribution in [3.8, 4) is 0 Å². The Morgan fingerprint density at radius 2 is 1.00 bits per heavy atom. The van der Waals surface area contributed by atoms with Gasteiger partial charge in [-0.15, -0.1) is 0 Å². The van der Waals surface area contributed by atoms with Crippen LogP contribution in [0, 0.1) is 0 Å². The van der Waals surface area contributed by atoms with E-state index in [9.17, 15) is 39.6 Å². The molecule has 8 saturated heterocycles. The number of hydrogen-bond acceptors (Lipinski definition) is 14. The standard InChI is InChI=1S/C30H28N6O8S4/c1-33-23(43)29-17(39)27(13-7-3-5-9-15(13)31-19(27)35(29)21(41)25(33,11-37)45-47-29)28-14-8-4-6-10-16(14)32-20(28)36-22(42)26(12-38)34(2)24(44)30(36,18(28)40)48-46-26/h3-10,17-20,31-32,37-40H,11-12H2,1-2H3/t17-,18+,19-,20+,25-,26+,27-,28+,29+,30-. The summed E-state index contributed by atoms with van der Waals surface area (Å²) in [6.07, 6.45) is -5.79. The van der Waals surface area contributed by atoms with Crippen LogP contribution in [0.25, 0.3) is 0 Å². The molecule has 0 aromatic heterocycles. The summed E-state index contributed by atoms with van der Waals surface area (Å²) in [5, 5.41) is 54.7. The van der Waals surface area contributed by atoms with Crippen molar-refractivity contribution in [1.82, 2.24) is 19.6 Å². The molecule has 48 heavy (non-hydrogen) atoms. The van der Waals surface area contributed by atoms with E-state index in [4.69, 9.17) is 0 Å². The number of aliphatic hydroxyl groups excluding tert-OH is 4. The molecule has 0 unspecified atom stereocenters. The summed E-state index contributed by atoms with van der Waals surface area (Å²) in [4.78, 5) is 56.6. The van der Waals surface area contributed by atoms with E-state index < -0.39 is 91.7 Å². The summed E-state index contributed by atoms with van der Waals surface area (Å²) in [7, 11) is 6.89. The first-order valence-electron chi connectivity index (χ1n) is 15.2. The van der Waals surface area contributed by atoms with Crippen LogP contribution in [0.15, 0.2) is 48.5 Å². The van der Waals surface area contributed by atoms with Gasteiger partial charge >= 0.3 is 0 Å². The summed E-state index contributed by atoms with van der Waals surface area (Å²) in [6.45, 7) is -1.35. The molecule has 0 aliphatic carbocycles. The highest BCUT2D eigenvalue weighted by atomic mass is 33.1. The molecule has 14 nitrogen and oxygen atoms in total. The third-order valence-corrected chi connectivity index (χ3v) is 19.4. The van der Waals surface area contributed by atoms with Crippen molar-refractivity contribution in [1.29, 1.82) is 0 Å². The fourth-order valence-corrected chi connectivity index (χ4v) is 17.4. The molecule has 250 valence electrons. The molecule has 12 rings (SSSR count). The maximum Gasteiger partial charge on any atom is 0.265 e. The zero-order valence-electron chi connectivity index (χ0n) is 25.2. The number of hydrogen-bond donors (Lipinski definition) is 6. The zero-order chi connectivity index (χ0) is 33.6. The average molecular weight is 729 g/mol. The van der Waals surface area contributed by atoms with Crippen LogP contribution < -0.4 is 10.6 Å². The molecule has 2 aromatic rings. The lowest BCUT2D eigenvalue weighted by Gasteiger charge is -2.58. The van der Waals surface area contributed by atoms with Gasteiger partial charge in [-0.3, -0.25) is 29.0 Å².